The Kier molecular flexibility index (Phi) is 3.61. The number of fused-ring (bicyclic) bond motifs is 1. The van der Waals surface area contributed by atoms with E-state index in [1.165, 1.54) is 0 Å². The van der Waals surface area contributed by atoms with Gasteiger partial charge in [-0.1, -0.05) is 11.6 Å². The van der Waals surface area contributed by atoms with Gasteiger partial charge in [0.1, 0.15) is 5.82 Å². The van der Waals surface area contributed by atoms with Crippen molar-refractivity contribution < 1.29 is 0 Å². The molecule has 0 unspecified atom stereocenters. The molecule has 0 bridgehead atoms. The molecule has 0 aliphatic carbocycles. The number of aromatic nitrogens is 2. The van der Waals surface area contributed by atoms with Crippen LogP contribution in [-0.2, 0) is 0 Å². The molecule has 2 N–H and O–H groups in total. The van der Waals surface area contributed by atoms with Crippen molar-refractivity contribution in [3.63, 3.8) is 0 Å². The first-order valence-electron chi connectivity index (χ1n) is 7.23. The van der Waals surface area contributed by atoms with Gasteiger partial charge in [0.15, 0.2) is 5.15 Å². The molecule has 0 radical (unpaired) electrons. The number of hydrogen-bond acceptors (Lipinski definition) is 3. The maximum Gasteiger partial charge on any atom is 0.155 e. The lowest BCUT2D eigenvalue weighted by molar-refractivity contribution is 0.169. The van der Waals surface area contributed by atoms with E-state index in [9.17, 15) is 0 Å². The van der Waals surface area contributed by atoms with Gasteiger partial charge in [0, 0.05) is 23.8 Å². The monoisotopic (exact) mass is 292 g/mol. The third-order valence-electron chi connectivity index (χ3n) is 4.27. The van der Waals surface area contributed by atoms with Gasteiger partial charge in [0.25, 0.3) is 0 Å². The van der Waals surface area contributed by atoms with Crippen molar-refractivity contribution in [1.82, 2.24) is 14.3 Å². The van der Waals surface area contributed by atoms with Crippen LogP contribution in [0.15, 0.2) is 18.3 Å². The van der Waals surface area contributed by atoms with Crippen molar-refractivity contribution >= 4 is 22.8 Å². The zero-order valence-electron chi connectivity index (χ0n) is 12.0. The number of anilines is 1. The Labute approximate surface area is 124 Å². The Morgan fingerprint density at radius 1 is 1.35 bits per heavy atom. The average Bonchev–Trinajstić information content (AvgIpc) is 2.76. The summed E-state index contributed by atoms with van der Waals surface area (Å²) in [4.78, 5) is 7.10. The molecule has 0 aromatic carbocycles. The molecular weight excluding hydrogens is 272 g/mol. The van der Waals surface area contributed by atoms with Crippen LogP contribution in [0.4, 0.5) is 5.69 Å². The number of hydrogen-bond donors (Lipinski definition) is 1. The summed E-state index contributed by atoms with van der Waals surface area (Å²) in [6.45, 7) is 6.77. The number of likely N-dealkylation sites (tertiary alicyclic amines) is 1. The first-order valence-corrected chi connectivity index (χ1v) is 7.61. The SMILES string of the molecule is CC(C)N1CCC(c2nc(Cl)c3cc(N)ccn23)CC1. The lowest BCUT2D eigenvalue weighted by atomic mass is 9.95. The molecule has 0 saturated carbocycles. The standard InChI is InChI=1S/C15H21ClN4/c1-10(2)19-6-3-11(4-7-19)15-18-14(16)13-9-12(17)5-8-20(13)15/h5,8-11H,3-4,6-7,17H2,1-2H3. The lowest BCUT2D eigenvalue weighted by Gasteiger charge is -2.34. The van der Waals surface area contributed by atoms with Crippen LogP contribution < -0.4 is 5.73 Å². The molecular formula is C15H21ClN4. The summed E-state index contributed by atoms with van der Waals surface area (Å²) in [5.41, 5.74) is 7.46. The number of rotatable bonds is 2. The smallest absolute Gasteiger partial charge is 0.155 e. The third kappa shape index (κ3) is 2.38. The predicted octanol–water partition coefficient (Wildman–Crippen LogP) is 3.16. The van der Waals surface area contributed by atoms with Crippen molar-refractivity contribution in [2.75, 3.05) is 18.8 Å². The van der Waals surface area contributed by atoms with Crippen molar-refractivity contribution in [2.24, 2.45) is 0 Å². The minimum absolute atomic E-state index is 0.480. The van der Waals surface area contributed by atoms with E-state index in [0.717, 1.165) is 43.0 Å². The average molecular weight is 293 g/mol. The minimum Gasteiger partial charge on any atom is -0.399 e. The maximum atomic E-state index is 6.25. The van der Waals surface area contributed by atoms with Crippen LogP contribution in [0.5, 0.6) is 0 Å². The zero-order chi connectivity index (χ0) is 14.3. The van der Waals surface area contributed by atoms with Gasteiger partial charge in [-0.25, -0.2) is 4.98 Å². The number of nitrogens with zero attached hydrogens (tertiary/aromatic N) is 3. The molecule has 3 rings (SSSR count). The van der Waals surface area contributed by atoms with Crippen molar-refractivity contribution in [2.45, 2.75) is 38.6 Å². The molecule has 1 fully saturated rings. The molecule has 20 heavy (non-hydrogen) atoms. The first kappa shape index (κ1) is 13.7. The highest BCUT2D eigenvalue weighted by molar-refractivity contribution is 6.32. The summed E-state index contributed by atoms with van der Waals surface area (Å²) in [7, 11) is 0. The molecule has 1 saturated heterocycles. The van der Waals surface area contributed by atoms with Gasteiger partial charge in [0.05, 0.1) is 5.52 Å². The highest BCUT2D eigenvalue weighted by atomic mass is 35.5. The topological polar surface area (TPSA) is 46.6 Å². The summed E-state index contributed by atoms with van der Waals surface area (Å²) >= 11 is 6.25. The molecule has 0 spiro atoms. The third-order valence-corrected chi connectivity index (χ3v) is 4.55. The molecule has 2 aromatic heterocycles. The van der Waals surface area contributed by atoms with Crippen LogP contribution in [0, 0.1) is 0 Å². The second-order valence-corrected chi connectivity index (χ2v) is 6.24. The van der Waals surface area contributed by atoms with Crippen molar-refractivity contribution in [3.8, 4) is 0 Å². The van der Waals surface area contributed by atoms with E-state index in [4.69, 9.17) is 17.3 Å². The van der Waals surface area contributed by atoms with Gasteiger partial charge in [-0.3, -0.25) is 0 Å². The van der Waals surface area contributed by atoms with E-state index in [1.54, 1.807) is 0 Å². The normalized spacial score (nSPS) is 18.2. The van der Waals surface area contributed by atoms with Crippen LogP contribution in [0.3, 0.4) is 0 Å². The summed E-state index contributed by atoms with van der Waals surface area (Å²) in [6.07, 6.45) is 4.25. The van der Waals surface area contributed by atoms with Gasteiger partial charge in [-0.05, 0) is 51.9 Å². The van der Waals surface area contributed by atoms with E-state index < -0.39 is 0 Å². The fraction of sp³-hybridized carbons (Fsp3) is 0.533. The van der Waals surface area contributed by atoms with Gasteiger partial charge in [0.2, 0.25) is 0 Å². The Hall–Kier alpha value is -1.26. The summed E-state index contributed by atoms with van der Waals surface area (Å²) in [6, 6.07) is 4.41. The zero-order valence-corrected chi connectivity index (χ0v) is 12.8. The molecule has 2 aromatic rings. The molecule has 108 valence electrons. The number of imidazole rings is 1. The number of nitrogen functional groups attached to an aromatic ring is 1. The summed E-state index contributed by atoms with van der Waals surface area (Å²) < 4.78 is 2.09. The number of nitrogens with two attached hydrogens (primary N) is 1. The predicted molar refractivity (Wildman–Crippen MR) is 83.3 cm³/mol. The quantitative estimate of drug-likeness (QED) is 0.925. The largest absolute Gasteiger partial charge is 0.399 e. The molecule has 4 nitrogen and oxygen atoms in total. The number of halogens is 1. The fourth-order valence-corrected chi connectivity index (χ4v) is 3.28. The van der Waals surface area contributed by atoms with Crippen LogP contribution in [-0.4, -0.2) is 33.4 Å². The number of pyridine rings is 1. The van der Waals surface area contributed by atoms with Crippen LogP contribution in [0.2, 0.25) is 5.15 Å². The Balaban J connectivity index is 1.88. The fourth-order valence-electron chi connectivity index (χ4n) is 3.05. The maximum absolute atomic E-state index is 6.25. The molecule has 3 heterocycles. The Morgan fingerprint density at radius 3 is 2.70 bits per heavy atom. The molecule has 0 atom stereocenters. The van der Waals surface area contributed by atoms with E-state index in [1.807, 2.05) is 18.3 Å². The van der Waals surface area contributed by atoms with Gasteiger partial charge in [-0.15, -0.1) is 0 Å². The molecule has 5 heteroatoms. The first-order chi connectivity index (χ1) is 9.56. The molecule has 1 aliphatic heterocycles. The van der Waals surface area contributed by atoms with Crippen molar-refractivity contribution in [1.29, 1.82) is 0 Å². The Morgan fingerprint density at radius 2 is 2.05 bits per heavy atom. The van der Waals surface area contributed by atoms with Gasteiger partial charge >= 0.3 is 0 Å². The highest BCUT2D eigenvalue weighted by Gasteiger charge is 2.25. The highest BCUT2D eigenvalue weighted by Crippen LogP contribution is 2.31. The second kappa shape index (κ2) is 5.26. The van der Waals surface area contributed by atoms with Crippen molar-refractivity contribution in [3.05, 3.63) is 29.3 Å². The summed E-state index contributed by atoms with van der Waals surface area (Å²) in [5.74, 6) is 1.56. The van der Waals surface area contributed by atoms with Gasteiger partial charge < -0.3 is 15.0 Å². The van der Waals surface area contributed by atoms with Crippen LogP contribution in [0.25, 0.3) is 5.52 Å². The number of piperidine rings is 1. The second-order valence-electron chi connectivity index (χ2n) is 5.88. The van der Waals surface area contributed by atoms with Crippen LogP contribution in [0.1, 0.15) is 38.4 Å². The van der Waals surface area contributed by atoms with E-state index in [-0.39, 0.29) is 0 Å². The Bertz CT molecular complexity index is 612. The van der Waals surface area contributed by atoms with Gasteiger partial charge in [-0.2, -0.15) is 0 Å². The van der Waals surface area contributed by atoms with E-state index >= 15 is 0 Å². The van der Waals surface area contributed by atoms with E-state index in [2.05, 4.69) is 28.1 Å². The summed E-state index contributed by atoms with van der Waals surface area (Å²) in [5, 5.41) is 0.554. The molecule has 1 aliphatic rings. The minimum atomic E-state index is 0.480. The van der Waals surface area contributed by atoms with Crippen LogP contribution >= 0.6 is 11.6 Å². The lowest BCUT2D eigenvalue weighted by Crippen LogP contribution is -2.38. The van der Waals surface area contributed by atoms with E-state index in [0.29, 0.717) is 17.1 Å². The molecule has 0 amide bonds.